The van der Waals surface area contributed by atoms with E-state index in [-0.39, 0.29) is 0 Å². The van der Waals surface area contributed by atoms with Crippen LogP contribution in [0.3, 0.4) is 0 Å². The lowest BCUT2D eigenvalue weighted by atomic mass is 9.80. The summed E-state index contributed by atoms with van der Waals surface area (Å²) in [6.07, 6.45) is 3.95. The first kappa shape index (κ1) is 17.3. The van der Waals surface area contributed by atoms with Crippen molar-refractivity contribution in [3.05, 3.63) is 26.6 Å². The highest BCUT2D eigenvalue weighted by molar-refractivity contribution is 9.11. The Balaban J connectivity index is 2.05. The molecule has 118 valence electrons. The van der Waals surface area contributed by atoms with E-state index in [0.29, 0.717) is 12.6 Å². The maximum atomic E-state index is 5.80. The molecule has 1 N–H and O–H groups in total. The molecule has 0 spiro atoms. The summed E-state index contributed by atoms with van der Waals surface area (Å²) in [6.45, 7) is 8.30. The van der Waals surface area contributed by atoms with Gasteiger partial charge in [0.1, 0.15) is 5.75 Å². The molecule has 4 heteroatoms. The molecule has 21 heavy (non-hydrogen) atoms. The molecule has 1 aliphatic carbocycles. The largest absolute Gasteiger partial charge is 0.492 e. The fraction of sp³-hybridized carbons (Fsp3) is 0.647. The molecule has 0 bridgehead atoms. The van der Waals surface area contributed by atoms with Gasteiger partial charge in [0.25, 0.3) is 0 Å². The van der Waals surface area contributed by atoms with Gasteiger partial charge in [-0.25, -0.2) is 0 Å². The van der Waals surface area contributed by atoms with Crippen LogP contribution in [0.2, 0.25) is 0 Å². The molecule has 2 nitrogen and oxygen atoms in total. The molecular formula is C17H25Br2NO. The number of hydrogen-bond acceptors (Lipinski definition) is 2. The summed E-state index contributed by atoms with van der Waals surface area (Å²) < 4.78 is 7.90. The van der Waals surface area contributed by atoms with Crippen LogP contribution in [0, 0.1) is 11.8 Å². The second-order valence-electron chi connectivity index (χ2n) is 6.19. The average Bonchev–Trinajstić information content (AvgIpc) is 2.41. The van der Waals surface area contributed by atoms with Gasteiger partial charge in [-0.3, -0.25) is 0 Å². The Morgan fingerprint density at radius 3 is 2.67 bits per heavy atom. The summed E-state index contributed by atoms with van der Waals surface area (Å²) in [5.74, 6) is 2.59. The van der Waals surface area contributed by atoms with Crippen molar-refractivity contribution >= 4 is 31.9 Å². The molecule has 1 fully saturated rings. The van der Waals surface area contributed by atoms with Crippen molar-refractivity contribution in [1.82, 2.24) is 5.32 Å². The molecule has 2 rings (SSSR count). The van der Waals surface area contributed by atoms with E-state index in [0.717, 1.165) is 33.1 Å². The molecule has 1 aromatic carbocycles. The van der Waals surface area contributed by atoms with E-state index in [9.17, 15) is 0 Å². The lowest BCUT2D eigenvalue weighted by Gasteiger charge is -2.33. The van der Waals surface area contributed by atoms with Crippen molar-refractivity contribution in [3.63, 3.8) is 0 Å². The number of ether oxygens (including phenoxy) is 1. The first-order chi connectivity index (χ1) is 10.0. The van der Waals surface area contributed by atoms with Crippen LogP contribution in [0.15, 0.2) is 21.1 Å². The third kappa shape index (κ3) is 4.70. The lowest BCUT2D eigenvalue weighted by molar-refractivity contribution is 0.226. The molecule has 1 aliphatic rings. The summed E-state index contributed by atoms with van der Waals surface area (Å²) in [5, 5.41) is 3.74. The zero-order valence-electron chi connectivity index (χ0n) is 13.1. The van der Waals surface area contributed by atoms with Crippen LogP contribution in [-0.4, -0.2) is 12.6 Å². The molecular weight excluding hydrogens is 394 g/mol. The SMILES string of the molecule is CCOc1c(Br)cc(Br)cc1CNC1CCC(C)CC1C. The predicted octanol–water partition coefficient (Wildman–Crippen LogP) is 5.52. The Morgan fingerprint density at radius 1 is 1.24 bits per heavy atom. The molecule has 1 aromatic rings. The molecule has 3 atom stereocenters. The van der Waals surface area contributed by atoms with Crippen LogP contribution in [0.25, 0.3) is 0 Å². The third-order valence-corrected chi connectivity index (χ3v) is 5.41. The zero-order valence-corrected chi connectivity index (χ0v) is 16.3. The van der Waals surface area contributed by atoms with E-state index in [4.69, 9.17) is 4.74 Å². The van der Waals surface area contributed by atoms with E-state index in [1.807, 2.05) is 13.0 Å². The summed E-state index contributed by atoms with van der Waals surface area (Å²) in [6, 6.07) is 4.81. The highest BCUT2D eigenvalue weighted by Crippen LogP contribution is 2.34. The van der Waals surface area contributed by atoms with E-state index >= 15 is 0 Å². The summed E-state index contributed by atoms with van der Waals surface area (Å²) in [7, 11) is 0. The Bertz CT molecular complexity index is 478. The number of nitrogens with one attached hydrogen (secondary N) is 1. The van der Waals surface area contributed by atoms with E-state index in [1.165, 1.54) is 24.8 Å². The normalized spacial score (nSPS) is 25.9. The van der Waals surface area contributed by atoms with Crippen LogP contribution in [0.1, 0.15) is 45.6 Å². The van der Waals surface area contributed by atoms with Gasteiger partial charge in [0.2, 0.25) is 0 Å². The Morgan fingerprint density at radius 2 is 2.00 bits per heavy atom. The number of halogens is 2. The number of benzene rings is 1. The highest BCUT2D eigenvalue weighted by atomic mass is 79.9. The molecule has 0 saturated heterocycles. The number of hydrogen-bond donors (Lipinski definition) is 1. The summed E-state index contributed by atoms with van der Waals surface area (Å²) in [5.41, 5.74) is 1.21. The maximum Gasteiger partial charge on any atom is 0.138 e. The molecule has 0 aromatic heterocycles. The molecule has 1 saturated carbocycles. The summed E-state index contributed by atoms with van der Waals surface area (Å²) >= 11 is 7.17. The maximum absolute atomic E-state index is 5.80. The van der Waals surface area contributed by atoms with Gasteiger partial charge in [0.15, 0.2) is 0 Å². The zero-order chi connectivity index (χ0) is 15.4. The van der Waals surface area contributed by atoms with Gasteiger partial charge in [-0.2, -0.15) is 0 Å². The predicted molar refractivity (Wildman–Crippen MR) is 95.8 cm³/mol. The van der Waals surface area contributed by atoms with E-state index in [1.54, 1.807) is 0 Å². The van der Waals surface area contributed by atoms with E-state index in [2.05, 4.69) is 57.1 Å². The van der Waals surface area contributed by atoms with Gasteiger partial charge in [0, 0.05) is 22.6 Å². The van der Waals surface area contributed by atoms with Gasteiger partial charge in [0.05, 0.1) is 11.1 Å². The minimum Gasteiger partial charge on any atom is -0.492 e. The Kier molecular flexibility index (Phi) is 6.57. The topological polar surface area (TPSA) is 21.3 Å². The van der Waals surface area contributed by atoms with Crippen molar-refractivity contribution < 1.29 is 4.74 Å². The van der Waals surface area contributed by atoms with Crippen LogP contribution >= 0.6 is 31.9 Å². The van der Waals surface area contributed by atoms with Gasteiger partial charge in [-0.1, -0.05) is 29.8 Å². The Labute approximate surface area is 145 Å². The first-order valence-corrected chi connectivity index (χ1v) is 9.44. The highest BCUT2D eigenvalue weighted by Gasteiger charge is 2.25. The third-order valence-electron chi connectivity index (χ3n) is 4.36. The van der Waals surface area contributed by atoms with E-state index < -0.39 is 0 Å². The number of rotatable bonds is 5. The van der Waals surface area contributed by atoms with Crippen molar-refractivity contribution in [2.45, 2.75) is 52.6 Å². The smallest absolute Gasteiger partial charge is 0.138 e. The molecule has 0 aliphatic heterocycles. The van der Waals surface area contributed by atoms with Gasteiger partial charge in [-0.15, -0.1) is 0 Å². The van der Waals surface area contributed by atoms with Crippen LogP contribution in [-0.2, 0) is 6.54 Å². The van der Waals surface area contributed by atoms with Crippen LogP contribution in [0.4, 0.5) is 0 Å². The minimum absolute atomic E-state index is 0.619. The monoisotopic (exact) mass is 417 g/mol. The van der Waals surface area contributed by atoms with Gasteiger partial charge < -0.3 is 10.1 Å². The second-order valence-corrected chi connectivity index (χ2v) is 7.96. The fourth-order valence-electron chi connectivity index (χ4n) is 3.26. The second kappa shape index (κ2) is 7.98. The molecule has 3 unspecified atom stereocenters. The van der Waals surface area contributed by atoms with Crippen molar-refractivity contribution in [2.75, 3.05) is 6.61 Å². The minimum atomic E-state index is 0.619. The van der Waals surface area contributed by atoms with Crippen molar-refractivity contribution in [2.24, 2.45) is 11.8 Å². The molecule has 0 radical (unpaired) electrons. The lowest BCUT2D eigenvalue weighted by Crippen LogP contribution is -2.38. The first-order valence-electron chi connectivity index (χ1n) is 7.85. The van der Waals surface area contributed by atoms with Crippen molar-refractivity contribution in [3.8, 4) is 5.75 Å². The van der Waals surface area contributed by atoms with Crippen LogP contribution in [0.5, 0.6) is 5.75 Å². The fourth-order valence-corrected chi connectivity index (χ4v) is 4.69. The summed E-state index contributed by atoms with van der Waals surface area (Å²) in [4.78, 5) is 0. The quantitative estimate of drug-likeness (QED) is 0.679. The average molecular weight is 419 g/mol. The van der Waals surface area contributed by atoms with Gasteiger partial charge >= 0.3 is 0 Å². The van der Waals surface area contributed by atoms with Crippen molar-refractivity contribution in [1.29, 1.82) is 0 Å². The van der Waals surface area contributed by atoms with Gasteiger partial charge in [-0.05, 0) is 66.1 Å². The standard InChI is InChI=1S/C17H25Br2NO/c1-4-21-17-13(8-14(18)9-15(17)19)10-20-16-6-5-11(2)7-12(16)3/h8-9,11-12,16,20H,4-7,10H2,1-3H3. The van der Waals surface area contributed by atoms with Crippen LogP contribution < -0.4 is 10.1 Å². The Hall–Kier alpha value is -0.0600. The molecule has 0 amide bonds. The molecule has 0 heterocycles.